The number of halogens is 3. The number of nitrogen functional groups attached to an aromatic ring is 1. The van der Waals surface area contributed by atoms with E-state index >= 15 is 0 Å². The fourth-order valence-corrected chi connectivity index (χ4v) is 2.34. The van der Waals surface area contributed by atoms with E-state index in [-0.39, 0.29) is 6.42 Å². The zero-order valence-electron chi connectivity index (χ0n) is 10.3. The van der Waals surface area contributed by atoms with Gasteiger partial charge in [-0.05, 0) is 40.6 Å². The third-order valence-electron chi connectivity index (χ3n) is 2.69. The molecule has 0 unspecified atom stereocenters. The monoisotopic (exact) mass is 375 g/mol. The van der Waals surface area contributed by atoms with Crippen molar-refractivity contribution >= 4 is 28.4 Å². The van der Waals surface area contributed by atoms with E-state index in [1.165, 1.54) is 12.1 Å². The summed E-state index contributed by atoms with van der Waals surface area (Å²) in [4.78, 5) is 8.49. The quantitative estimate of drug-likeness (QED) is 0.839. The van der Waals surface area contributed by atoms with Gasteiger partial charge in [0.05, 0.1) is 9.26 Å². The number of hydrogen-bond acceptors (Lipinski definition) is 3. The van der Waals surface area contributed by atoms with Gasteiger partial charge in [0.15, 0.2) is 0 Å². The van der Waals surface area contributed by atoms with E-state index in [1.54, 1.807) is 0 Å². The fourth-order valence-electron chi connectivity index (χ4n) is 1.71. The Morgan fingerprint density at radius 3 is 2.63 bits per heavy atom. The highest BCUT2D eigenvalue weighted by atomic mass is 127. The van der Waals surface area contributed by atoms with Crippen LogP contribution in [-0.4, -0.2) is 9.97 Å². The minimum absolute atomic E-state index is 0.195. The van der Waals surface area contributed by atoms with Gasteiger partial charge < -0.3 is 5.73 Å². The second-order valence-corrected chi connectivity index (χ2v) is 5.13. The lowest BCUT2D eigenvalue weighted by atomic mass is 10.1. The molecule has 0 atom stereocenters. The second kappa shape index (κ2) is 5.77. The summed E-state index contributed by atoms with van der Waals surface area (Å²) in [5, 5.41) is 0. The van der Waals surface area contributed by atoms with E-state index < -0.39 is 11.6 Å². The van der Waals surface area contributed by atoms with Crippen molar-refractivity contribution in [3.8, 4) is 0 Å². The molecular weight excluding hydrogens is 363 g/mol. The lowest BCUT2D eigenvalue weighted by Crippen LogP contribution is -2.08. The molecule has 0 fully saturated rings. The first-order chi connectivity index (χ1) is 9.01. The van der Waals surface area contributed by atoms with Crippen molar-refractivity contribution in [3.05, 3.63) is 50.5 Å². The molecule has 0 aliphatic heterocycles. The molecule has 2 aromatic rings. The van der Waals surface area contributed by atoms with Gasteiger partial charge in [-0.3, -0.25) is 0 Å². The Labute approximate surface area is 123 Å². The summed E-state index contributed by atoms with van der Waals surface area (Å²) in [5.74, 6) is -0.359. The minimum atomic E-state index is -0.599. The van der Waals surface area contributed by atoms with Gasteiger partial charge >= 0.3 is 0 Å². The smallest absolute Gasteiger partial charge is 0.140 e. The van der Waals surface area contributed by atoms with Crippen LogP contribution in [0.2, 0.25) is 0 Å². The molecule has 0 aliphatic carbocycles. The summed E-state index contributed by atoms with van der Waals surface area (Å²) in [6.07, 6.45) is 0.921. The Kier molecular flexibility index (Phi) is 4.28. The molecule has 0 saturated carbocycles. The predicted molar refractivity (Wildman–Crippen MR) is 77.7 cm³/mol. The summed E-state index contributed by atoms with van der Waals surface area (Å²) in [7, 11) is 0. The number of anilines is 1. The number of nitrogens with two attached hydrogens (primary N) is 1. The maximum atomic E-state index is 13.6. The van der Waals surface area contributed by atoms with Crippen LogP contribution in [0, 0.1) is 15.2 Å². The van der Waals surface area contributed by atoms with Crippen LogP contribution in [-0.2, 0) is 12.8 Å². The van der Waals surface area contributed by atoms with Crippen LogP contribution >= 0.6 is 22.6 Å². The number of aromatic nitrogens is 2. The topological polar surface area (TPSA) is 51.8 Å². The van der Waals surface area contributed by atoms with Crippen LogP contribution in [0.5, 0.6) is 0 Å². The summed E-state index contributed by atoms with van der Waals surface area (Å²) in [6, 6.07) is 3.47. The van der Waals surface area contributed by atoms with Crippen molar-refractivity contribution in [1.82, 2.24) is 9.97 Å². The molecule has 0 amide bonds. The standard InChI is InChI=1S/C13H12F2IN3/c1-2-10-12(16)13(17)19-11(18-10)5-7-3-4-8(14)6-9(7)15/h3-4,6H,2,5H2,1H3,(H2,17,18,19). The summed E-state index contributed by atoms with van der Waals surface area (Å²) in [6.45, 7) is 1.96. The molecule has 0 bridgehead atoms. The highest BCUT2D eigenvalue weighted by Gasteiger charge is 2.11. The van der Waals surface area contributed by atoms with Crippen molar-refractivity contribution < 1.29 is 8.78 Å². The fraction of sp³-hybridized carbons (Fsp3) is 0.231. The minimum Gasteiger partial charge on any atom is -0.383 e. The zero-order valence-corrected chi connectivity index (χ0v) is 12.4. The predicted octanol–water partition coefficient (Wildman–Crippen LogP) is 3.09. The molecule has 1 aromatic heterocycles. The summed E-state index contributed by atoms with van der Waals surface area (Å²) < 4.78 is 27.2. The van der Waals surface area contributed by atoms with E-state index in [1.807, 2.05) is 6.92 Å². The Balaban J connectivity index is 2.35. The Morgan fingerprint density at radius 1 is 1.26 bits per heavy atom. The van der Waals surface area contributed by atoms with Crippen LogP contribution in [0.25, 0.3) is 0 Å². The van der Waals surface area contributed by atoms with Crippen molar-refractivity contribution in [2.75, 3.05) is 5.73 Å². The maximum absolute atomic E-state index is 13.6. The van der Waals surface area contributed by atoms with Crippen molar-refractivity contribution in [3.63, 3.8) is 0 Å². The molecular formula is C13H12F2IN3. The second-order valence-electron chi connectivity index (χ2n) is 4.05. The first-order valence-corrected chi connectivity index (χ1v) is 6.83. The molecule has 2 N–H and O–H groups in total. The average Bonchev–Trinajstić information content (AvgIpc) is 2.37. The molecule has 1 heterocycles. The number of aryl methyl sites for hydroxylation is 1. The molecule has 1 aromatic carbocycles. The summed E-state index contributed by atoms with van der Waals surface area (Å²) >= 11 is 2.09. The number of hydrogen-bond donors (Lipinski definition) is 1. The van der Waals surface area contributed by atoms with Gasteiger partial charge in [0.1, 0.15) is 23.3 Å². The lowest BCUT2D eigenvalue weighted by Gasteiger charge is -2.08. The van der Waals surface area contributed by atoms with Crippen molar-refractivity contribution in [2.24, 2.45) is 0 Å². The molecule has 6 heteroatoms. The number of rotatable bonds is 3. The van der Waals surface area contributed by atoms with E-state index in [9.17, 15) is 8.78 Å². The number of benzene rings is 1. The average molecular weight is 375 g/mol. The van der Waals surface area contributed by atoms with Gasteiger partial charge in [-0.15, -0.1) is 0 Å². The van der Waals surface area contributed by atoms with Gasteiger partial charge in [-0.2, -0.15) is 0 Å². The SMILES string of the molecule is CCc1nc(Cc2ccc(F)cc2F)nc(N)c1I. The van der Waals surface area contributed by atoms with Gasteiger partial charge in [-0.25, -0.2) is 18.7 Å². The largest absolute Gasteiger partial charge is 0.383 e. The maximum Gasteiger partial charge on any atom is 0.140 e. The summed E-state index contributed by atoms with van der Waals surface area (Å²) in [5.41, 5.74) is 6.99. The molecule has 0 saturated heterocycles. The first-order valence-electron chi connectivity index (χ1n) is 5.76. The van der Waals surface area contributed by atoms with Crippen molar-refractivity contribution in [1.29, 1.82) is 0 Å². The van der Waals surface area contributed by atoms with E-state index in [2.05, 4.69) is 32.6 Å². The molecule has 2 rings (SSSR count). The molecule has 0 spiro atoms. The lowest BCUT2D eigenvalue weighted by molar-refractivity contribution is 0.573. The third-order valence-corrected chi connectivity index (χ3v) is 3.87. The van der Waals surface area contributed by atoms with Gasteiger partial charge in [0.2, 0.25) is 0 Å². The van der Waals surface area contributed by atoms with E-state index in [0.717, 1.165) is 21.8 Å². The van der Waals surface area contributed by atoms with Gasteiger partial charge in [-0.1, -0.05) is 13.0 Å². The van der Waals surface area contributed by atoms with E-state index in [4.69, 9.17) is 5.73 Å². The van der Waals surface area contributed by atoms with Crippen LogP contribution in [0.3, 0.4) is 0 Å². The van der Waals surface area contributed by atoms with Crippen LogP contribution in [0.4, 0.5) is 14.6 Å². The van der Waals surface area contributed by atoms with Gasteiger partial charge in [0.25, 0.3) is 0 Å². The van der Waals surface area contributed by atoms with Crippen LogP contribution in [0.15, 0.2) is 18.2 Å². The van der Waals surface area contributed by atoms with E-state index in [0.29, 0.717) is 17.2 Å². The van der Waals surface area contributed by atoms with Crippen LogP contribution < -0.4 is 5.73 Å². The Hall–Kier alpha value is -1.31. The first kappa shape index (κ1) is 14.1. The molecule has 0 radical (unpaired) electrons. The normalized spacial score (nSPS) is 10.7. The van der Waals surface area contributed by atoms with Gasteiger partial charge in [0, 0.05) is 12.5 Å². The molecule has 100 valence electrons. The third kappa shape index (κ3) is 3.17. The highest BCUT2D eigenvalue weighted by Crippen LogP contribution is 2.19. The highest BCUT2D eigenvalue weighted by molar-refractivity contribution is 14.1. The molecule has 19 heavy (non-hydrogen) atoms. The zero-order chi connectivity index (χ0) is 14.0. The molecule has 0 aliphatic rings. The Morgan fingerprint density at radius 2 is 2.00 bits per heavy atom. The van der Waals surface area contributed by atoms with Crippen LogP contribution in [0.1, 0.15) is 24.0 Å². The Bertz CT molecular complexity index is 617. The molecule has 3 nitrogen and oxygen atoms in total. The van der Waals surface area contributed by atoms with Crippen molar-refractivity contribution in [2.45, 2.75) is 19.8 Å². The number of nitrogens with zero attached hydrogens (tertiary/aromatic N) is 2.